The molecule has 0 amide bonds. The first-order chi connectivity index (χ1) is 10.0. The Kier molecular flexibility index (Phi) is 4.06. The number of piperidine rings is 1. The molecule has 2 fully saturated rings. The number of anilines is 1. The third-order valence-electron chi connectivity index (χ3n) is 4.20. The molecule has 21 heavy (non-hydrogen) atoms. The van der Waals surface area contributed by atoms with Gasteiger partial charge in [-0.05, 0) is 37.8 Å². The van der Waals surface area contributed by atoms with Crippen molar-refractivity contribution < 1.29 is 13.2 Å². The first kappa shape index (κ1) is 14.6. The summed E-state index contributed by atoms with van der Waals surface area (Å²) in [5, 5.41) is 3.38. The van der Waals surface area contributed by atoms with Crippen molar-refractivity contribution in [2.24, 2.45) is 5.92 Å². The van der Waals surface area contributed by atoms with Crippen LogP contribution in [0.1, 0.15) is 31.4 Å². The first-order valence-corrected chi connectivity index (χ1v) is 7.52. The van der Waals surface area contributed by atoms with Crippen molar-refractivity contribution in [3.8, 4) is 0 Å². The van der Waals surface area contributed by atoms with Crippen LogP contribution < -0.4 is 10.2 Å². The van der Waals surface area contributed by atoms with Crippen LogP contribution in [-0.2, 0) is 6.54 Å². The quantitative estimate of drug-likeness (QED) is 0.926. The SMILES string of the molecule is FC(F)(F)C1CCCN(c2ccnc(CNC3CC3)c2)C1. The van der Waals surface area contributed by atoms with Gasteiger partial charge >= 0.3 is 6.18 Å². The van der Waals surface area contributed by atoms with Crippen LogP contribution in [0.2, 0.25) is 0 Å². The van der Waals surface area contributed by atoms with Gasteiger partial charge in [0.2, 0.25) is 0 Å². The second-order valence-corrected chi connectivity index (χ2v) is 5.99. The molecular weight excluding hydrogens is 279 g/mol. The molecule has 2 aliphatic rings. The van der Waals surface area contributed by atoms with Gasteiger partial charge in [0.15, 0.2) is 0 Å². The molecule has 3 rings (SSSR count). The van der Waals surface area contributed by atoms with E-state index in [1.165, 1.54) is 12.8 Å². The zero-order chi connectivity index (χ0) is 14.9. The van der Waals surface area contributed by atoms with Gasteiger partial charge in [0.25, 0.3) is 0 Å². The van der Waals surface area contributed by atoms with Gasteiger partial charge in [-0.3, -0.25) is 4.98 Å². The molecule has 0 bridgehead atoms. The van der Waals surface area contributed by atoms with Gasteiger partial charge in [-0.2, -0.15) is 13.2 Å². The maximum absolute atomic E-state index is 12.9. The maximum atomic E-state index is 12.9. The third-order valence-corrected chi connectivity index (χ3v) is 4.20. The Labute approximate surface area is 122 Å². The Morgan fingerprint density at radius 2 is 2.10 bits per heavy atom. The normalized spacial score (nSPS) is 23.4. The summed E-state index contributed by atoms with van der Waals surface area (Å²) in [5.41, 5.74) is 1.75. The minimum atomic E-state index is -4.10. The summed E-state index contributed by atoms with van der Waals surface area (Å²) in [6.07, 6.45) is 0.833. The van der Waals surface area contributed by atoms with E-state index < -0.39 is 12.1 Å². The topological polar surface area (TPSA) is 28.2 Å². The van der Waals surface area contributed by atoms with Crippen LogP contribution in [-0.4, -0.2) is 30.3 Å². The summed E-state index contributed by atoms with van der Waals surface area (Å²) in [7, 11) is 0. The average molecular weight is 299 g/mol. The fraction of sp³-hybridized carbons (Fsp3) is 0.667. The van der Waals surface area contributed by atoms with E-state index in [-0.39, 0.29) is 13.0 Å². The summed E-state index contributed by atoms with van der Waals surface area (Å²) >= 11 is 0. The van der Waals surface area contributed by atoms with Crippen molar-refractivity contribution in [1.29, 1.82) is 0 Å². The van der Waals surface area contributed by atoms with Crippen LogP contribution in [0.15, 0.2) is 18.3 Å². The Bertz CT molecular complexity index is 485. The smallest absolute Gasteiger partial charge is 0.371 e. The van der Waals surface area contributed by atoms with E-state index in [0.29, 0.717) is 25.6 Å². The number of rotatable bonds is 4. The summed E-state index contributed by atoms with van der Waals surface area (Å²) < 4.78 is 38.6. The number of nitrogens with one attached hydrogen (secondary N) is 1. The number of hydrogen-bond donors (Lipinski definition) is 1. The molecule has 0 spiro atoms. The molecular formula is C15H20F3N3. The van der Waals surface area contributed by atoms with Gasteiger partial charge < -0.3 is 10.2 Å². The van der Waals surface area contributed by atoms with E-state index >= 15 is 0 Å². The minimum Gasteiger partial charge on any atom is -0.371 e. The van der Waals surface area contributed by atoms with Crippen LogP contribution in [0.3, 0.4) is 0 Å². The molecule has 116 valence electrons. The fourth-order valence-corrected chi connectivity index (χ4v) is 2.77. The second kappa shape index (κ2) is 5.83. The zero-order valence-corrected chi connectivity index (χ0v) is 11.9. The van der Waals surface area contributed by atoms with Crippen molar-refractivity contribution in [2.45, 2.75) is 44.4 Å². The molecule has 3 nitrogen and oxygen atoms in total. The minimum absolute atomic E-state index is 0.0585. The lowest BCUT2D eigenvalue weighted by Crippen LogP contribution is -2.41. The molecule has 1 aliphatic heterocycles. The summed E-state index contributed by atoms with van der Waals surface area (Å²) in [6.45, 7) is 1.43. The lowest BCUT2D eigenvalue weighted by Gasteiger charge is -2.35. The molecule has 1 saturated carbocycles. The Morgan fingerprint density at radius 1 is 1.29 bits per heavy atom. The second-order valence-electron chi connectivity index (χ2n) is 5.99. The third kappa shape index (κ3) is 3.87. The van der Waals surface area contributed by atoms with Crippen LogP contribution in [0.5, 0.6) is 0 Å². The number of halogens is 3. The molecule has 1 aromatic heterocycles. The monoisotopic (exact) mass is 299 g/mol. The van der Waals surface area contributed by atoms with Crippen molar-refractivity contribution in [3.63, 3.8) is 0 Å². The summed E-state index contributed by atoms with van der Waals surface area (Å²) in [4.78, 5) is 6.13. The number of nitrogens with zero attached hydrogens (tertiary/aromatic N) is 2. The Hall–Kier alpha value is -1.30. The highest BCUT2D eigenvalue weighted by molar-refractivity contribution is 5.47. The predicted molar refractivity (Wildman–Crippen MR) is 75.1 cm³/mol. The molecule has 2 heterocycles. The summed E-state index contributed by atoms with van der Waals surface area (Å²) in [5.74, 6) is -1.22. The predicted octanol–water partition coefficient (Wildman–Crippen LogP) is 3.11. The van der Waals surface area contributed by atoms with Crippen molar-refractivity contribution in [3.05, 3.63) is 24.0 Å². The molecule has 0 radical (unpaired) electrons. The highest BCUT2D eigenvalue weighted by atomic mass is 19.4. The van der Waals surface area contributed by atoms with Gasteiger partial charge in [0.1, 0.15) is 0 Å². The summed E-state index contributed by atoms with van der Waals surface area (Å²) in [6, 6.07) is 4.31. The van der Waals surface area contributed by atoms with Gasteiger partial charge in [-0.1, -0.05) is 0 Å². The van der Waals surface area contributed by atoms with Crippen LogP contribution in [0, 0.1) is 5.92 Å². The number of aromatic nitrogens is 1. The number of pyridine rings is 1. The van der Waals surface area contributed by atoms with Crippen LogP contribution >= 0.6 is 0 Å². The van der Waals surface area contributed by atoms with Crippen molar-refractivity contribution in [2.75, 3.05) is 18.0 Å². The highest BCUT2D eigenvalue weighted by Crippen LogP contribution is 2.34. The molecule has 1 N–H and O–H groups in total. The van der Waals surface area contributed by atoms with E-state index in [1.807, 2.05) is 11.0 Å². The molecule has 1 unspecified atom stereocenters. The molecule has 1 saturated heterocycles. The highest BCUT2D eigenvalue weighted by Gasteiger charge is 2.41. The molecule has 1 aliphatic carbocycles. The molecule has 6 heteroatoms. The van der Waals surface area contributed by atoms with Gasteiger partial charge in [-0.15, -0.1) is 0 Å². The van der Waals surface area contributed by atoms with E-state index in [0.717, 1.165) is 11.4 Å². The Balaban J connectivity index is 1.65. The molecule has 1 aromatic rings. The van der Waals surface area contributed by atoms with E-state index in [9.17, 15) is 13.2 Å². The van der Waals surface area contributed by atoms with Gasteiger partial charge in [0.05, 0.1) is 11.6 Å². The number of hydrogen-bond acceptors (Lipinski definition) is 3. The fourth-order valence-electron chi connectivity index (χ4n) is 2.77. The van der Waals surface area contributed by atoms with E-state index in [2.05, 4.69) is 10.3 Å². The van der Waals surface area contributed by atoms with Crippen LogP contribution in [0.4, 0.5) is 18.9 Å². The van der Waals surface area contributed by atoms with Crippen molar-refractivity contribution in [1.82, 2.24) is 10.3 Å². The number of alkyl halides is 3. The average Bonchev–Trinajstić information content (AvgIpc) is 3.29. The van der Waals surface area contributed by atoms with Gasteiger partial charge in [-0.25, -0.2) is 0 Å². The maximum Gasteiger partial charge on any atom is 0.393 e. The molecule has 1 atom stereocenters. The standard InChI is InChI=1S/C15H20F3N3/c16-15(17,18)11-2-1-7-21(10-11)14-5-6-19-13(8-14)9-20-12-3-4-12/h5-6,8,11-12,20H,1-4,7,9-10H2. The molecule has 0 aromatic carbocycles. The first-order valence-electron chi connectivity index (χ1n) is 7.52. The van der Waals surface area contributed by atoms with Crippen LogP contribution in [0.25, 0.3) is 0 Å². The van der Waals surface area contributed by atoms with E-state index in [4.69, 9.17) is 0 Å². The largest absolute Gasteiger partial charge is 0.393 e. The lowest BCUT2D eigenvalue weighted by atomic mass is 9.97. The van der Waals surface area contributed by atoms with E-state index in [1.54, 1.807) is 12.3 Å². The Morgan fingerprint density at radius 3 is 2.81 bits per heavy atom. The zero-order valence-electron chi connectivity index (χ0n) is 11.9. The van der Waals surface area contributed by atoms with Gasteiger partial charge in [0, 0.05) is 37.6 Å². The van der Waals surface area contributed by atoms with Crippen molar-refractivity contribution >= 4 is 5.69 Å². The lowest BCUT2D eigenvalue weighted by molar-refractivity contribution is -0.175.